The number of hydrogen-bond donors (Lipinski definition) is 1. The zero-order valence-corrected chi connectivity index (χ0v) is 12.5. The van der Waals surface area contributed by atoms with Gasteiger partial charge in [-0.25, -0.2) is 9.59 Å². The summed E-state index contributed by atoms with van der Waals surface area (Å²) < 4.78 is 4.91. The Hall–Kier alpha value is -2.04. The van der Waals surface area contributed by atoms with E-state index in [4.69, 9.17) is 4.74 Å². The van der Waals surface area contributed by atoms with E-state index in [1.165, 1.54) is 12.8 Å². The van der Waals surface area contributed by atoms with Gasteiger partial charge in [-0.3, -0.25) is 0 Å². The first kappa shape index (κ1) is 17.0. The van der Waals surface area contributed by atoms with Crippen LogP contribution in [0.4, 0.5) is 4.79 Å². The van der Waals surface area contributed by atoms with Gasteiger partial charge in [0.15, 0.2) is 0 Å². The minimum atomic E-state index is -0.766. The number of unbranched alkanes of at least 4 members (excludes halogenated alkanes) is 4. The van der Waals surface area contributed by atoms with E-state index in [-0.39, 0.29) is 6.61 Å². The van der Waals surface area contributed by atoms with Gasteiger partial charge in [0.25, 0.3) is 0 Å². The minimum Gasteiger partial charge on any atom is -0.443 e. The van der Waals surface area contributed by atoms with E-state index in [9.17, 15) is 9.59 Å². The van der Waals surface area contributed by atoms with E-state index in [0.29, 0.717) is 6.42 Å². The average molecular weight is 293 g/mol. The van der Waals surface area contributed by atoms with Crippen molar-refractivity contribution >= 4 is 12.1 Å². The van der Waals surface area contributed by atoms with Crippen LogP contribution in [0.15, 0.2) is 30.3 Å². The molecule has 0 radical (unpaired) electrons. The summed E-state index contributed by atoms with van der Waals surface area (Å²) in [6, 6.07) is 9.28. The number of ether oxygens (including phenoxy) is 1. The normalized spacial score (nSPS) is 9.95. The number of hydrogen-bond acceptors (Lipinski definition) is 4. The van der Waals surface area contributed by atoms with Gasteiger partial charge in [0, 0.05) is 6.42 Å². The van der Waals surface area contributed by atoms with Gasteiger partial charge in [-0.05, 0) is 12.0 Å². The lowest BCUT2D eigenvalue weighted by Gasteiger charge is -2.07. The summed E-state index contributed by atoms with van der Waals surface area (Å²) in [5.41, 5.74) is 2.86. The molecule has 1 amide bonds. The van der Waals surface area contributed by atoms with Gasteiger partial charge < -0.3 is 9.57 Å². The first-order valence-electron chi connectivity index (χ1n) is 7.38. The summed E-state index contributed by atoms with van der Waals surface area (Å²) in [4.78, 5) is 27.3. The summed E-state index contributed by atoms with van der Waals surface area (Å²) in [6.45, 7) is 2.28. The molecule has 0 aliphatic heterocycles. The first-order chi connectivity index (χ1) is 10.2. The first-order valence-corrected chi connectivity index (χ1v) is 7.38. The van der Waals surface area contributed by atoms with Gasteiger partial charge in [0.05, 0.1) is 0 Å². The van der Waals surface area contributed by atoms with Crippen LogP contribution in [0.25, 0.3) is 0 Å². The Balaban J connectivity index is 2.05. The predicted octanol–water partition coefficient (Wildman–Crippen LogP) is 3.73. The average Bonchev–Trinajstić information content (AvgIpc) is 2.51. The zero-order chi connectivity index (χ0) is 15.3. The molecule has 0 saturated heterocycles. The van der Waals surface area contributed by atoms with E-state index >= 15 is 0 Å². The Morgan fingerprint density at radius 3 is 2.48 bits per heavy atom. The van der Waals surface area contributed by atoms with E-state index in [1.54, 1.807) is 0 Å². The van der Waals surface area contributed by atoms with Gasteiger partial charge in [0.2, 0.25) is 0 Å². The van der Waals surface area contributed by atoms with Crippen LogP contribution in [0.3, 0.4) is 0 Å². The Bertz CT molecular complexity index is 420. The fourth-order valence-corrected chi connectivity index (χ4v) is 1.78. The second kappa shape index (κ2) is 10.7. The number of benzene rings is 1. The molecule has 0 aromatic heterocycles. The maximum atomic E-state index is 11.4. The van der Waals surface area contributed by atoms with Crippen molar-refractivity contribution in [3.63, 3.8) is 0 Å². The second-order valence-corrected chi connectivity index (χ2v) is 4.80. The molecule has 0 bridgehead atoms. The molecule has 0 heterocycles. The molecule has 1 aromatic carbocycles. The molecule has 0 aliphatic carbocycles. The second-order valence-electron chi connectivity index (χ2n) is 4.80. The Kier molecular flexibility index (Phi) is 8.68. The van der Waals surface area contributed by atoms with Crippen molar-refractivity contribution < 1.29 is 19.2 Å². The number of nitrogens with one attached hydrogen (secondary N) is 1. The molecule has 0 fully saturated rings. The van der Waals surface area contributed by atoms with E-state index in [1.807, 2.05) is 35.8 Å². The van der Waals surface area contributed by atoms with E-state index in [0.717, 1.165) is 24.8 Å². The lowest BCUT2D eigenvalue weighted by molar-refractivity contribution is -0.150. The summed E-state index contributed by atoms with van der Waals surface area (Å²) in [5.74, 6) is -0.442. The number of carbonyl (C=O) groups excluding carboxylic acids is 2. The molecular weight excluding hydrogens is 270 g/mol. The maximum Gasteiger partial charge on any atom is 0.441 e. The van der Waals surface area contributed by atoms with Gasteiger partial charge in [-0.1, -0.05) is 62.9 Å². The van der Waals surface area contributed by atoms with Crippen molar-refractivity contribution in [2.24, 2.45) is 0 Å². The Morgan fingerprint density at radius 1 is 1.05 bits per heavy atom. The summed E-state index contributed by atoms with van der Waals surface area (Å²) >= 11 is 0. The molecule has 21 heavy (non-hydrogen) atoms. The fraction of sp³-hybridized carbons (Fsp3) is 0.500. The molecule has 5 heteroatoms. The van der Waals surface area contributed by atoms with Crippen molar-refractivity contribution in [3.8, 4) is 0 Å². The van der Waals surface area contributed by atoms with Crippen LogP contribution in [-0.4, -0.2) is 12.1 Å². The highest BCUT2D eigenvalue weighted by molar-refractivity contribution is 5.73. The lowest BCUT2D eigenvalue weighted by atomic mass is 10.1. The monoisotopic (exact) mass is 293 g/mol. The van der Waals surface area contributed by atoms with Crippen molar-refractivity contribution in [1.29, 1.82) is 0 Å². The van der Waals surface area contributed by atoms with Crippen LogP contribution in [0, 0.1) is 0 Å². The number of rotatable bonds is 8. The molecule has 116 valence electrons. The van der Waals surface area contributed by atoms with Crippen molar-refractivity contribution in [1.82, 2.24) is 5.48 Å². The van der Waals surface area contributed by atoms with Crippen LogP contribution in [-0.2, 0) is 21.0 Å². The van der Waals surface area contributed by atoms with Crippen molar-refractivity contribution in [2.45, 2.75) is 52.1 Å². The van der Waals surface area contributed by atoms with Crippen LogP contribution in [0.2, 0.25) is 0 Å². The van der Waals surface area contributed by atoms with Crippen LogP contribution < -0.4 is 5.48 Å². The highest BCUT2D eigenvalue weighted by Crippen LogP contribution is 2.05. The summed E-state index contributed by atoms with van der Waals surface area (Å²) in [5, 5.41) is 0. The quantitative estimate of drug-likeness (QED) is 0.586. The molecule has 1 rings (SSSR count). The molecule has 0 aliphatic rings. The Morgan fingerprint density at radius 2 is 1.76 bits per heavy atom. The SMILES string of the molecule is CCCCCCCC(=O)ONC(=O)OCc1ccccc1. The molecule has 0 saturated carbocycles. The highest BCUT2D eigenvalue weighted by atomic mass is 16.7. The number of amides is 1. The topological polar surface area (TPSA) is 64.6 Å². The van der Waals surface area contributed by atoms with Crippen molar-refractivity contribution in [3.05, 3.63) is 35.9 Å². The van der Waals surface area contributed by atoms with Gasteiger partial charge in [-0.2, -0.15) is 0 Å². The smallest absolute Gasteiger partial charge is 0.441 e. The van der Waals surface area contributed by atoms with Crippen LogP contribution in [0.1, 0.15) is 51.0 Å². The lowest BCUT2D eigenvalue weighted by Crippen LogP contribution is -2.27. The molecular formula is C16H23NO4. The number of hydroxylamine groups is 1. The van der Waals surface area contributed by atoms with Crippen LogP contribution >= 0.6 is 0 Å². The Labute approximate surface area is 125 Å². The summed E-state index contributed by atoms with van der Waals surface area (Å²) in [6.07, 6.45) is 4.79. The predicted molar refractivity (Wildman–Crippen MR) is 79.2 cm³/mol. The molecule has 0 atom stereocenters. The summed E-state index contributed by atoms with van der Waals surface area (Å²) in [7, 11) is 0. The van der Waals surface area contributed by atoms with Gasteiger partial charge in [-0.15, -0.1) is 5.48 Å². The third-order valence-electron chi connectivity index (χ3n) is 2.95. The zero-order valence-electron chi connectivity index (χ0n) is 12.5. The van der Waals surface area contributed by atoms with Crippen molar-refractivity contribution in [2.75, 3.05) is 0 Å². The van der Waals surface area contributed by atoms with Gasteiger partial charge >= 0.3 is 12.1 Å². The van der Waals surface area contributed by atoms with Gasteiger partial charge in [0.1, 0.15) is 6.61 Å². The maximum absolute atomic E-state index is 11.4. The number of carbonyl (C=O) groups is 2. The third-order valence-corrected chi connectivity index (χ3v) is 2.95. The highest BCUT2D eigenvalue weighted by Gasteiger charge is 2.07. The van der Waals surface area contributed by atoms with Crippen LogP contribution in [0.5, 0.6) is 0 Å². The van der Waals surface area contributed by atoms with E-state index in [2.05, 4.69) is 11.8 Å². The molecule has 0 unspecified atom stereocenters. The minimum absolute atomic E-state index is 0.140. The molecule has 5 nitrogen and oxygen atoms in total. The molecule has 1 N–H and O–H groups in total. The standard InChI is InChI=1S/C16H23NO4/c1-2-3-4-5-9-12-15(18)21-17-16(19)20-13-14-10-7-6-8-11-14/h6-8,10-11H,2-5,9,12-13H2,1H3,(H,17,19). The molecule has 1 aromatic rings. The van der Waals surface area contributed by atoms with E-state index < -0.39 is 12.1 Å². The third kappa shape index (κ3) is 8.68. The largest absolute Gasteiger partial charge is 0.443 e. The molecule has 0 spiro atoms. The fourth-order valence-electron chi connectivity index (χ4n) is 1.78.